The number of rotatable bonds is 10. The molecule has 11 heteroatoms. The first-order chi connectivity index (χ1) is 16.3. The molecule has 0 radical (unpaired) electrons. The number of carbonyl (C=O) groups is 2. The molecule has 0 fully saturated rings. The number of benzene rings is 2. The summed E-state index contributed by atoms with van der Waals surface area (Å²) in [5.41, 5.74) is 1.37. The van der Waals surface area contributed by atoms with E-state index in [4.69, 9.17) is 34.8 Å². The van der Waals surface area contributed by atoms with Gasteiger partial charge in [-0.1, -0.05) is 53.9 Å². The van der Waals surface area contributed by atoms with Gasteiger partial charge in [0.1, 0.15) is 12.6 Å². The van der Waals surface area contributed by atoms with Gasteiger partial charge in [-0.3, -0.25) is 13.9 Å². The second-order valence-electron chi connectivity index (χ2n) is 8.40. The molecule has 2 amide bonds. The molecule has 0 aliphatic heterocycles. The average Bonchev–Trinajstić information content (AvgIpc) is 2.77. The van der Waals surface area contributed by atoms with Crippen LogP contribution in [0.5, 0.6) is 0 Å². The van der Waals surface area contributed by atoms with Crippen LogP contribution in [-0.2, 0) is 26.2 Å². The molecular formula is C24H30Cl3N3O4S. The van der Waals surface area contributed by atoms with Gasteiger partial charge in [0.2, 0.25) is 21.8 Å². The predicted molar refractivity (Wildman–Crippen MR) is 143 cm³/mol. The van der Waals surface area contributed by atoms with Crippen LogP contribution in [0.3, 0.4) is 0 Å². The summed E-state index contributed by atoms with van der Waals surface area (Å²) in [6, 6.07) is 8.68. The standard InChI is InChI=1S/C24H30Cl3N3O4S/c1-6-15(2)28-24(32)17(4)29(13-18-10-11-19(25)12-21(18)27)23(31)14-30(35(5,33)34)22-9-7-8-20(26)16(22)3/h7-12,15,17H,6,13-14H2,1-5H3,(H,28,32)/t15-,17-/m0/s1. The van der Waals surface area contributed by atoms with E-state index < -0.39 is 28.5 Å². The van der Waals surface area contributed by atoms with Crippen molar-refractivity contribution in [3.05, 3.63) is 62.6 Å². The third-order valence-electron chi connectivity index (χ3n) is 5.71. The van der Waals surface area contributed by atoms with Crippen molar-refractivity contribution < 1.29 is 18.0 Å². The summed E-state index contributed by atoms with van der Waals surface area (Å²) >= 11 is 18.5. The van der Waals surface area contributed by atoms with Crippen LogP contribution >= 0.6 is 34.8 Å². The molecule has 0 unspecified atom stereocenters. The van der Waals surface area contributed by atoms with E-state index in [1.165, 1.54) is 4.90 Å². The van der Waals surface area contributed by atoms with Crippen LogP contribution in [0.15, 0.2) is 36.4 Å². The Morgan fingerprint density at radius 3 is 2.29 bits per heavy atom. The Labute approximate surface area is 222 Å². The van der Waals surface area contributed by atoms with Gasteiger partial charge in [-0.15, -0.1) is 0 Å². The number of carbonyl (C=O) groups excluding carboxylic acids is 2. The monoisotopic (exact) mass is 561 g/mol. The minimum atomic E-state index is -3.86. The van der Waals surface area contributed by atoms with Crippen molar-refractivity contribution >= 4 is 62.3 Å². The summed E-state index contributed by atoms with van der Waals surface area (Å²) in [6.07, 6.45) is 1.73. The molecule has 7 nitrogen and oxygen atoms in total. The molecule has 0 aromatic heterocycles. The molecule has 0 saturated heterocycles. The summed E-state index contributed by atoms with van der Waals surface area (Å²) in [7, 11) is -3.86. The fourth-order valence-corrected chi connectivity index (χ4v) is 4.88. The van der Waals surface area contributed by atoms with E-state index in [1.54, 1.807) is 50.2 Å². The zero-order valence-electron chi connectivity index (χ0n) is 20.3. The summed E-state index contributed by atoms with van der Waals surface area (Å²) in [5.74, 6) is -0.935. The van der Waals surface area contributed by atoms with Crippen molar-refractivity contribution in [1.82, 2.24) is 10.2 Å². The quantitative estimate of drug-likeness (QED) is 0.439. The summed E-state index contributed by atoms with van der Waals surface area (Å²) in [4.78, 5) is 27.8. The lowest BCUT2D eigenvalue weighted by atomic mass is 10.1. The van der Waals surface area contributed by atoms with Gasteiger partial charge in [0, 0.05) is 27.7 Å². The van der Waals surface area contributed by atoms with Crippen LogP contribution in [0, 0.1) is 6.92 Å². The van der Waals surface area contributed by atoms with Crippen molar-refractivity contribution in [2.24, 2.45) is 0 Å². The van der Waals surface area contributed by atoms with E-state index in [1.807, 2.05) is 13.8 Å². The van der Waals surface area contributed by atoms with Crippen LogP contribution < -0.4 is 9.62 Å². The second-order valence-corrected chi connectivity index (χ2v) is 11.6. The van der Waals surface area contributed by atoms with Crippen molar-refractivity contribution in [1.29, 1.82) is 0 Å². The predicted octanol–water partition coefficient (Wildman–Crippen LogP) is 5.05. The Bertz CT molecular complexity index is 1190. The Hall–Kier alpha value is -2.00. The number of anilines is 1. The van der Waals surface area contributed by atoms with Crippen molar-refractivity contribution in [3.8, 4) is 0 Å². The van der Waals surface area contributed by atoms with Crippen LogP contribution in [0.1, 0.15) is 38.3 Å². The van der Waals surface area contributed by atoms with Crippen molar-refractivity contribution in [2.45, 2.75) is 52.7 Å². The van der Waals surface area contributed by atoms with Gasteiger partial charge in [-0.05, 0) is 62.6 Å². The molecule has 192 valence electrons. The molecule has 0 spiro atoms. The Balaban J connectivity index is 2.47. The highest BCUT2D eigenvalue weighted by molar-refractivity contribution is 7.92. The van der Waals surface area contributed by atoms with Gasteiger partial charge in [0.25, 0.3) is 0 Å². The van der Waals surface area contributed by atoms with Crippen molar-refractivity contribution in [3.63, 3.8) is 0 Å². The first-order valence-corrected chi connectivity index (χ1v) is 14.0. The van der Waals surface area contributed by atoms with Gasteiger partial charge >= 0.3 is 0 Å². The van der Waals surface area contributed by atoms with Crippen LogP contribution in [0.2, 0.25) is 15.1 Å². The molecule has 0 saturated carbocycles. The third kappa shape index (κ3) is 7.74. The lowest BCUT2D eigenvalue weighted by molar-refractivity contribution is -0.139. The maximum atomic E-state index is 13.6. The number of nitrogens with one attached hydrogen (secondary N) is 1. The van der Waals surface area contributed by atoms with E-state index >= 15 is 0 Å². The number of nitrogens with zero attached hydrogens (tertiary/aromatic N) is 2. The molecule has 2 aromatic rings. The van der Waals surface area contributed by atoms with E-state index in [-0.39, 0.29) is 24.2 Å². The molecule has 0 bridgehead atoms. The molecule has 35 heavy (non-hydrogen) atoms. The molecule has 0 aliphatic carbocycles. The highest BCUT2D eigenvalue weighted by Gasteiger charge is 2.31. The van der Waals surface area contributed by atoms with Gasteiger partial charge in [0.05, 0.1) is 11.9 Å². The molecule has 0 aliphatic rings. The lowest BCUT2D eigenvalue weighted by Gasteiger charge is -2.32. The number of sulfonamides is 1. The lowest BCUT2D eigenvalue weighted by Crippen LogP contribution is -2.52. The first-order valence-electron chi connectivity index (χ1n) is 11.0. The van der Waals surface area contributed by atoms with Crippen molar-refractivity contribution in [2.75, 3.05) is 17.1 Å². The smallest absolute Gasteiger partial charge is 0.244 e. The zero-order chi connectivity index (χ0) is 26.5. The number of hydrogen-bond acceptors (Lipinski definition) is 4. The fraction of sp³-hybridized carbons (Fsp3) is 0.417. The summed E-state index contributed by atoms with van der Waals surface area (Å²) < 4.78 is 26.4. The third-order valence-corrected chi connectivity index (χ3v) is 7.83. The Morgan fingerprint density at radius 1 is 1.06 bits per heavy atom. The first kappa shape index (κ1) is 29.2. The zero-order valence-corrected chi connectivity index (χ0v) is 23.4. The molecular weight excluding hydrogens is 533 g/mol. The Kier molecular flexibility index (Phi) is 10.3. The van der Waals surface area contributed by atoms with Gasteiger partial charge in [-0.25, -0.2) is 8.42 Å². The van der Waals surface area contributed by atoms with E-state index in [0.717, 1.165) is 10.6 Å². The minimum Gasteiger partial charge on any atom is -0.352 e. The van der Waals surface area contributed by atoms with E-state index in [2.05, 4.69) is 5.32 Å². The van der Waals surface area contributed by atoms with Gasteiger partial charge in [-0.2, -0.15) is 0 Å². The summed E-state index contributed by atoms with van der Waals surface area (Å²) in [5, 5.41) is 4.00. The van der Waals surface area contributed by atoms with E-state index in [9.17, 15) is 18.0 Å². The molecule has 2 aromatic carbocycles. The minimum absolute atomic E-state index is 0.0178. The number of amides is 2. The highest BCUT2D eigenvalue weighted by atomic mass is 35.5. The second kappa shape index (κ2) is 12.3. The highest BCUT2D eigenvalue weighted by Crippen LogP contribution is 2.29. The van der Waals surface area contributed by atoms with E-state index in [0.29, 0.717) is 32.6 Å². The fourth-order valence-electron chi connectivity index (χ4n) is 3.34. The number of halogens is 3. The largest absolute Gasteiger partial charge is 0.352 e. The van der Waals surface area contributed by atoms with Gasteiger partial charge in [0.15, 0.2) is 0 Å². The summed E-state index contributed by atoms with van der Waals surface area (Å²) in [6.45, 7) is 6.52. The molecule has 0 heterocycles. The molecule has 2 atom stereocenters. The van der Waals surface area contributed by atoms with Crippen LogP contribution in [-0.4, -0.2) is 50.0 Å². The number of hydrogen-bond donors (Lipinski definition) is 1. The average molecular weight is 563 g/mol. The Morgan fingerprint density at radius 2 is 1.71 bits per heavy atom. The topological polar surface area (TPSA) is 86.8 Å². The van der Waals surface area contributed by atoms with Gasteiger partial charge < -0.3 is 10.2 Å². The SMILES string of the molecule is CC[C@H](C)NC(=O)[C@H](C)N(Cc1ccc(Cl)cc1Cl)C(=O)CN(c1cccc(Cl)c1C)S(C)(=O)=O. The van der Waals surface area contributed by atoms with Crippen LogP contribution in [0.25, 0.3) is 0 Å². The maximum Gasteiger partial charge on any atom is 0.244 e. The molecule has 2 rings (SSSR count). The van der Waals surface area contributed by atoms with Crippen LogP contribution in [0.4, 0.5) is 5.69 Å². The maximum absolute atomic E-state index is 13.6. The normalized spacial score (nSPS) is 13.1. The molecule has 1 N–H and O–H groups in total.